The van der Waals surface area contributed by atoms with E-state index in [0.29, 0.717) is 24.4 Å². The van der Waals surface area contributed by atoms with Crippen LogP contribution in [0.15, 0.2) is 53.4 Å². The van der Waals surface area contributed by atoms with Crippen LogP contribution in [0.25, 0.3) is 0 Å². The fourth-order valence-corrected chi connectivity index (χ4v) is 7.17. The highest BCUT2D eigenvalue weighted by molar-refractivity contribution is 7.89. The Labute approximate surface area is 215 Å². The average Bonchev–Trinajstić information content (AvgIpc) is 3.40. The lowest BCUT2D eigenvalue weighted by atomic mass is 9.86. The number of benzene rings is 2. The van der Waals surface area contributed by atoms with Gasteiger partial charge in [0.2, 0.25) is 10.0 Å². The van der Waals surface area contributed by atoms with Crippen molar-refractivity contribution in [2.45, 2.75) is 49.3 Å². The Balaban J connectivity index is 1.36. The molecule has 4 saturated heterocycles. The smallest absolute Gasteiger partial charge is 0.415 e. The van der Waals surface area contributed by atoms with Crippen LogP contribution in [-0.2, 0) is 26.1 Å². The summed E-state index contributed by atoms with van der Waals surface area (Å²) in [6, 6.07) is 10.8. The first kappa shape index (κ1) is 25.6. The van der Waals surface area contributed by atoms with E-state index in [0.717, 1.165) is 30.2 Å². The third kappa shape index (κ3) is 5.21. The molecule has 0 radical (unpaired) electrons. The van der Waals surface area contributed by atoms with Crippen molar-refractivity contribution in [2.75, 3.05) is 31.1 Å². The topological polar surface area (TPSA) is 107 Å². The number of halogens is 1. The van der Waals surface area contributed by atoms with Crippen molar-refractivity contribution < 1.29 is 32.2 Å². The summed E-state index contributed by atoms with van der Waals surface area (Å²) in [7, 11) is -3.99. The molecule has 0 aliphatic carbocycles. The highest BCUT2D eigenvalue weighted by Gasteiger charge is 2.40. The zero-order valence-corrected chi connectivity index (χ0v) is 21.1. The number of carboxylic acid groups (broad SMARTS) is 1. The van der Waals surface area contributed by atoms with E-state index in [9.17, 15) is 27.5 Å². The van der Waals surface area contributed by atoms with Gasteiger partial charge in [-0.15, -0.1) is 0 Å². The average molecular weight is 532 g/mol. The second kappa shape index (κ2) is 10.4. The molecular weight excluding hydrogens is 501 g/mol. The molecule has 2 atom stereocenters. The predicted octanol–water partition coefficient (Wildman–Crippen LogP) is 3.30. The van der Waals surface area contributed by atoms with Gasteiger partial charge in [-0.3, -0.25) is 14.6 Å². The van der Waals surface area contributed by atoms with Gasteiger partial charge in [0.15, 0.2) is 0 Å². The number of carbonyl (C=O) groups is 2. The van der Waals surface area contributed by atoms with E-state index in [1.54, 1.807) is 18.2 Å². The normalized spacial score (nSPS) is 25.6. The van der Waals surface area contributed by atoms with E-state index in [1.807, 2.05) is 0 Å². The quantitative estimate of drug-likeness (QED) is 0.584. The Hall–Kier alpha value is -3.02. The fraction of sp³-hybridized carbons (Fsp3) is 0.462. The molecule has 1 N–H and O–H groups in total. The molecule has 4 fully saturated rings. The largest absolute Gasteiger partial charge is 0.480 e. The Morgan fingerprint density at radius 2 is 1.73 bits per heavy atom. The van der Waals surface area contributed by atoms with Crippen LogP contribution in [0.3, 0.4) is 0 Å². The van der Waals surface area contributed by atoms with Crippen LogP contribution in [0.5, 0.6) is 0 Å². The number of hydrogen-bond acceptors (Lipinski definition) is 6. The summed E-state index contributed by atoms with van der Waals surface area (Å²) in [6.07, 6.45) is 1.78. The molecule has 4 aliphatic rings. The van der Waals surface area contributed by atoms with Crippen LogP contribution < -0.4 is 4.90 Å². The van der Waals surface area contributed by atoms with Crippen LogP contribution in [-0.4, -0.2) is 73.1 Å². The number of rotatable bonds is 7. The molecule has 2 aromatic carbocycles. The van der Waals surface area contributed by atoms with Crippen LogP contribution >= 0.6 is 0 Å². The minimum Gasteiger partial charge on any atom is -0.480 e. The molecule has 6 rings (SSSR count). The number of nitrogens with zero attached hydrogens (tertiary/aromatic N) is 3. The van der Waals surface area contributed by atoms with E-state index in [1.165, 1.54) is 35.2 Å². The number of anilines is 1. The highest BCUT2D eigenvalue weighted by Crippen LogP contribution is 2.32. The lowest BCUT2D eigenvalue weighted by Crippen LogP contribution is -2.53. The lowest BCUT2D eigenvalue weighted by molar-refractivity contribution is -0.140. The van der Waals surface area contributed by atoms with Crippen molar-refractivity contribution in [3.05, 3.63) is 59.9 Å². The maximum Gasteiger partial charge on any atom is 0.415 e. The summed E-state index contributed by atoms with van der Waals surface area (Å²) < 4.78 is 47.8. The Bertz CT molecular complexity index is 1260. The van der Waals surface area contributed by atoms with Crippen molar-refractivity contribution in [3.63, 3.8) is 0 Å². The lowest BCUT2D eigenvalue weighted by Gasteiger charge is -2.44. The Morgan fingerprint density at radius 1 is 1.03 bits per heavy atom. The van der Waals surface area contributed by atoms with E-state index < -0.39 is 33.9 Å². The first-order chi connectivity index (χ1) is 17.7. The summed E-state index contributed by atoms with van der Waals surface area (Å²) in [4.78, 5) is 28.3. The monoisotopic (exact) mass is 531 g/mol. The second-order valence-electron chi connectivity index (χ2n) is 9.85. The van der Waals surface area contributed by atoms with E-state index in [-0.39, 0.29) is 36.2 Å². The number of ether oxygens (including phenoxy) is 1. The van der Waals surface area contributed by atoms with Gasteiger partial charge < -0.3 is 9.84 Å². The zero-order valence-electron chi connectivity index (χ0n) is 20.3. The Kier molecular flexibility index (Phi) is 7.19. The molecule has 0 aromatic heterocycles. The van der Waals surface area contributed by atoms with Crippen molar-refractivity contribution in [3.8, 4) is 0 Å². The van der Waals surface area contributed by atoms with Crippen LogP contribution in [0.1, 0.15) is 31.2 Å². The predicted molar refractivity (Wildman–Crippen MR) is 133 cm³/mol. The van der Waals surface area contributed by atoms with Crippen molar-refractivity contribution >= 4 is 27.8 Å². The fourth-order valence-electron chi connectivity index (χ4n) is 5.52. The van der Waals surface area contributed by atoms with E-state index in [4.69, 9.17) is 4.74 Å². The summed E-state index contributed by atoms with van der Waals surface area (Å²) >= 11 is 0. The first-order valence-electron chi connectivity index (χ1n) is 12.5. The molecule has 0 spiro atoms. The third-order valence-corrected chi connectivity index (χ3v) is 9.49. The molecule has 2 bridgehead atoms. The van der Waals surface area contributed by atoms with Gasteiger partial charge in [0.05, 0.1) is 17.1 Å². The molecule has 198 valence electrons. The van der Waals surface area contributed by atoms with E-state index in [2.05, 4.69) is 4.90 Å². The highest BCUT2D eigenvalue weighted by atomic mass is 32.2. The molecule has 11 heteroatoms. The molecule has 37 heavy (non-hydrogen) atoms. The number of piperidine rings is 3. The number of carboxylic acids is 1. The van der Waals surface area contributed by atoms with Crippen LogP contribution in [0.4, 0.5) is 14.9 Å². The van der Waals surface area contributed by atoms with Crippen LogP contribution in [0.2, 0.25) is 0 Å². The number of carbonyl (C=O) groups excluding carboxylic acids is 1. The molecule has 2 aromatic rings. The van der Waals surface area contributed by atoms with Gasteiger partial charge in [0.1, 0.15) is 18.0 Å². The van der Waals surface area contributed by atoms with Gasteiger partial charge >= 0.3 is 12.1 Å². The Morgan fingerprint density at radius 3 is 2.35 bits per heavy atom. The standard InChI is InChI=1S/C26H30FN3O6S/c27-21-4-1-2-5-22(21)29(26(33)36-24-17-28-14-11-19(24)12-15-28)16-18-7-9-20(10-8-18)37(34,35)30-13-3-6-23(30)25(31)32/h1-2,4-5,7-10,19,23-24H,3,6,11-17H2,(H,31,32)/t23?,24-/m0/s1. The SMILES string of the molecule is O=C(O)C1CCCN1S(=O)(=O)c1ccc(CN(C(=O)O[C@H]2CN3CCC2CC3)c2ccccc2F)cc1. The van der Waals surface area contributed by atoms with Gasteiger partial charge in [-0.25, -0.2) is 17.6 Å². The summed E-state index contributed by atoms with van der Waals surface area (Å²) in [5.74, 6) is -1.44. The summed E-state index contributed by atoms with van der Waals surface area (Å²) in [5.41, 5.74) is 0.649. The van der Waals surface area contributed by atoms with Gasteiger partial charge in [0.25, 0.3) is 0 Å². The minimum absolute atomic E-state index is 0.0251. The first-order valence-corrected chi connectivity index (χ1v) is 14.0. The summed E-state index contributed by atoms with van der Waals surface area (Å²) in [5, 5.41) is 9.38. The van der Waals surface area contributed by atoms with Crippen molar-refractivity contribution in [1.82, 2.24) is 9.21 Å². The van der Waals surface area contributed by atoms with Gasteiger partial charge in [-0.1, -0.05) is 24.3 Å². The van der Waals surface area contributed by atoms with Gasteiger partial charge in [-0.05, 0) is 74.5 Å². The molecule has 1 amide bonds. The third-order valence-electron chi connectivity index (χ3n) is 7.57. The van der Waals surface area contributed by atoms with Crippen molar-refractivity contribution in [1.29, 1.82) is 0 Å². The maximum absolute atomic E-state index is 14.7. The number of hydrogen-bond donors (Lipinski definition) is 1. The minimum atomic E-state index is -3.99. The number of para-hydroxylation sites is 1. The number of amides is 1. The molecule has 1 unspecified atom stereocenters. The molecular formula is C26H30FN3O6S. The second-order valence-corrected chi connectivity index (χ2v) is 11.7. The number of sulfonamides is 1. The number of aliphatic carboxylic acids is 1. The molecule has 4 heterocycles. The summed E-state index contributed by atoms with van der Waals surface area (Å²) in [6.45, 7) is 2.78. The number of fused-ring (bicyclic) bond motifs is 3. The molecule has 4 aliphatic heterocycles. The van der Waals surface area contributed by atoms with Gasteiger partial charge in [-0.2, -0.15) is 4.31 Å². The van der Waals surface area contributed by atoms with Crippen LogP contribution in [0, 0.1) is 11.7 Å². The van der Waals surface area contributed by atoms with Gasteiger partial charge in [0, 0.05) is 13.1 Å². The maximum atomic E-state index is 14.7. The molecule has 0 saturated carbocycles. The van der Waals surface area contributed by atoms with Crippen molar-refractivity contribution in [2.24, 2.45) is 5.92 Å². The zero-order chi connectivity index (χ0) is 26.2. The van der Waals surface area contributed by atoms with E-state index >= 15 is 0 Å². The molecule has 9 nitrogen and oxygen atoms in total.